The smallest absolute Gasteiger partial charge is 0.272 e. The number of rotatable bonds is 3. The minimum atomic E-state index is -3.64. The molecule has 2 heterocycles. The zero-order valence-corrected chi connectivity index (χ0v) is 19.4. The molecule has 0 saturated carbocycles. The van der Waals surface area contributed by atoms with E-state index in [1.54, 1.807) is 18.2 Å². The quantitative estimate of drug-likeness (QED) is 0.759. The van der Waals surface area contributed by atoms with Crippen molar-refractivity contribution in [2.45, 2.75) is 49.6 Å². The molecule has 2 aromatic rings. The molecule has 8 heteroatoms. The van der Waals surface area contributed by atoms with Crippen LogP contribution >= 0.6 is 11.6 Å². The van der Waals surface area contributed by atoms with Gasteiger partial charge in [-0.05, 0) is 29.2 Å². The van der Waals surface area contributed by atoms with Gasteiger partial charge in [0, 0.05) is 36.5 Å². The first-order chi connectivity index (χ1) is 14.5. The van der Waals surface area contributed by atoms with Crippen LogP contribution in [0.5, 0.6) is 0 Å². The van der Waals surface area contributed by atoms with E-state index in [-0.39, 0.29) is 29.3 Å². The number of nitrogens with one attached hydrogen (secondary N) is 1. The van der Waals surface area contributed by atoms with Crippen LogP contribution in [0.3, 0.4) is 0 Å². The highest BCUT2D eigenvalue weighted by molar-refractivity contribution is 7.89. The molecule has 0 radical (unpaired) electrons. The summed E-state index contributed by atoms with van der Waals surface area (Å²) in [6.45, 7) is 6.97. The summed E-state index contributed by atoms with van der Waals surface area (Å²) >= 11 is 5.96. The van der Waals surface area contributed by atoms with Crippen LogP contribution < -0.4 is 5.32 Å². The summed E-state index contributed by atoms with van der Waals surface area (Å²) in [5.74, 6) is -0.213. The molecule has 164 valence electrons. The van der Waals surface area contributed by atoms with E-state index < -0.39 is 15.7 Å². The van der Waals surface area contributed by atoms with Crippen LogP contribution in [0.2, 0.25) is 5.02 Å². The molecule has 2 aromatic carbocycles. The van der Waals surface area contributed by atoms with Gasteiger partial charge in [-0.25, -0.2) is 8.42 Å². The molecule has 1 fully saturated rings. The zero-order valence-electron chi connectivity index (χ0n) is 17.9. The number of carbonyl (C=O) groups is 1. The molecule has 31 heavy (non-hydrogen) atoms. The number of piperidine rings is 1. The zero-order chi connectivity index (χ0) is 22.4. The molecule has 4 rings (SSSR count). The summed E-state index contributed by atoms with van der Waals surface area (Å²) < 4.78 is 27.3. The molecule has 2 aliphatic heterocycles. The van der Waals surface area contributed by atoms with E-state index in [4.69, 9.17) is 16.6 Å². The predicted octanol–water partition coefficient (Wildman–Crippen LogP) is 3.74. The van der Waals surface area contributed by atoms with Gasteiger partial charge in [-0.2, -0.15) is 4.31 Å². The van der Waals surface area contributed by atoms with Crippen molar-refractivity contribution >= 4 is 33.2 Å². The van der Waals surface area contributed by atoms with Crippen molar-refractivity contribution in [2.75, 3.05) is 13.1 Å². The van der Waals surface area contributed by atoms with Gasteiger partial charge in [-0.1, -0.05) is 62.7 Å². The number of nitrogens with zero attached hydrogens (tertiary/aromatic N) is 2. The first-order valence-electron chi connectivity index (χ1n) is 10.3. The molecule has 0 atom stereocenters. The second-order valence-electron chi connectivity index (χ2n) is 9.13. The van der Waals surface area contributed by atoms with Gasteiger partial charge in [0.2, 0.25) is 10.0 Å². The van der Waals surface area contributed by atoms with E-state index in [2.05, 4.69) is 26.1 Å². The van der Waals surface area contributed by atoms with Crippen molar-refractivity contribution in [1.82, 2.24) is 9.62 Å². The van der Waals surface area contributed by atoms with Crippen LogP contribution in [0.4, 0.5) is 0 Å². The molecule has 0 aromatic heterocycles. The van der Waals surface area contributed by atoms with Gasteiger partial charge in [-0.15, -0.1) is 0 Å². The Balaban J connectivity index is 1.52. The Kier molecular flexibility index (Phi) is 5.48. The third-order valence-corrected chi connectivity index (χ3v) is 8.02. The van der Waals surface area contributed by atoms with Crippen molar-refractivity contribution < 1.29 is 13.2 Å². The Labute approximate surface area is 188 Å². The first-order valence-corrected chi connectivity index (χ1v) is 12.1. The van der Waals surface area contributed by atoms with Gasteiger partial charge in [0.15, 0.2) is 0 Å². The number of halogens is 1. The highest BCUT2D eigenvalue weighted by atomic mass is 35.5. The minimum absolute atomic E-state index is 0.0286. The van der Waals surface area contributed by atoms with Crippen molar-refractivity contribution in [3.8, 4) is 0 Å². The summed E-state index contributed by atoms with van der Waals surface area (Å²) in [6, 6.07) is 14.2. The Bertz CT molecular complexity index is 1140. The summed E-state index contributed by atoms with van der Waals surface area (Å²) in [5, 5.41) is 3.38. The van der Waals surface area contributed by atoms with Gasteiger partial charge in [0.25, 0.3) is 5.91 Å². The second kappa shape index (κ2) is 7.73. The normalized spacial score (nSPS) is 19.4. The second-order valence-corrected chi connectivity index (χ2v) is 11.5. The lowest BCUT2D eigenvalue weighted by Gasteiger charge is -2.36. The number of sulfonamides is 1. The molecule has 1 N–H and O–H groups in total. The minimum Gasteiger partial charge on any atom is -0.326 e. The molecular weight excluding hydrogens is 434 g/mol. The molecule has 0 bridgehead atoms. The van der Waals surface area contributed by atoms with Crippen molar-refractivity contribution in [1.29, 1.82) is 0 Å². The Morgan fingerprint density at radius 2 is 1.71 bits per heavy atom. The highest BCUT2D eigenvalue weighted by Gasteiger charge is 2.44. The Morgan fingerprint density at radius 1 is 1.06 bits per heavy atom. The van der Waals surface area contributed by atoms with Crippen LogP contribution in [-0.2, 0) is 20.2 Å². The summed E-state index contributed by atoms with van der Waals surface area (Å²) in [7, 11) is -3.64. The largest absolute Gasteiger partial charge is 0.326 e. The lowest BCUT2D eigenvalue weighted by molar-refractivity contribution is -0.115. The van der Waals surface area contributed by atoms with Crippen LogP contribution in [0.15, 0.2) is 58.4 Å². The van der Waals surface area contributed by atoms with Gasteiger partial charge in [0.05, 0.1) is 4.90 Å². The molecule has 1 amide bonds. The third kappa shape index (κ3) is 4.27. The number of carbonyl (C=O) groups excluding carboxylic acids is 1. The Hall–Kier alpha value is -2.22. The van der Waals surface area contributed by atoms with Crippen LogP contribution in [0, 0.1) is 0 Å². The summed E-state index contributed by atoms with van der Waals surface area (Å²) in [6.07, 6.45) is 0.838. The molecule has 1 saturated heterocycles. The van der Waals surface area contributed by atoms with Gasteiger partial charge in [-0.3, -0.25) is 9.79 Å². The highest BCUT2D eigenvalue weighted by Crippen LogP contribution is 2.32. The lowest BCUT2D eigenvalue weighted by Crippen LogP contribution is -2.52. The van der Waals surface area contributed by atoms with Crippen LogP contribution in [-0.4, -0.2) is 43.1 Å². The van der Waals surface area contributed by atoms with E-state index in [9.17, 15) is 13.2 Å². The van der Waals surface area contributed by atoms with E-state index in [0.717, 1.165) is 5.56 Å². The van der Waals surface area contributed by atoms with E-state index >= 15 is 0 Å². The Morgan fingerprint density at radius 3 is 2.29 bits per heavy atom. The van der Waals surface area contributed by atoms with Crippen molar-refractivity contribution in [3.05, 3.63) is 64.7 Å². The third-order valence-electron chi connectivity index (χ3n) is 5.89. The molecule has 6 nitrogen and oxygen atoms in total. The molecule has 2 aliphatic rings. The van der Waals surface area contributed by atoms with Crippen LogP contribution in [0.1, 0.15) is 44.7 Å². The number of hydrogen-bond donors (Lipinski definition) is 1. The standard InChI is InChI=1S/C23H26ClN3O3S/c1-22(2,3)17-9-7-16(8-10-17)20-21(28)26-23(25-20)11-13-27(14-12-23)31(29,30)19-6-4-5-18(24)15-19/h4-10,15H,11-14H2,1-3H3,(H,26,28). The fourth-order valence-corrected chi connectivity index (χ4v) is 5.74. The molecule has 1 spiro atoms. The maximum atomic E-state index is 12.9. The molecular formula is C23H26ClN3O3S. The topological polar surface area (TPSA) is 78.8 Å². The summed E-state index contributed by atoms with van der Waals surface area (Å²) in [5.41, 5.74) is 1.64. The lowest BCUT2D eigenvalue weighted by atomic mass is 9.86. The molecule has 0 aliphatic carbocycles. The number of amides is 1. The summed E-state index contributed by atoms with van der Waals surface area (Å²) in [4.78, 5) is 17.6. The fourth-order valence-electron chi connectivity index (χ4n) is 4.00. The fraction of sp³-hybridized carbons (Fsp3) is 0.391. The van der Waals surface area contributed by atoms with Crippen molar-refractivity contribution in [3.63, 3.8) is 0 Å². The average Bonchev–Trinajstić information content (AvgIpc) is 3.03. The van der Waals surface area contributed by atoms with Crippen molar-refractivity contribution in [2.24, 2.45) is 4.99 Å². The van der Waals surface area contributed by atoms with E-state index in [1.165, 1.54) is 15.9 Å². The van der Waals surface area contributed by atoms with Gasteiger partial charge in [0.1, 0.15) is 11.4 Å². The van der Waals surface area contributed by atoms with Crippen LogP contribution in [0.25, 0.3) is 0 Å². The maximum absolute atomic E-state index is 12.9. The number of hydrogen-bond acceptors (Lipinski definition) is 4. The monoisotopic (exact) mass is 459 g/mol. The van der Waals surface area contributed by atoms with Gasteiger partial charge >= 0.3 is 0 Å². The number of aliphatic imine (C=N–C) groups is 1. The predicted molar refractivity (Wildman–Crippen MR) is 122 cm³/mol. The van der Waals surface area contributed by atoms with E-state index in [1.807, 2.05) is 24.3 Å². The first kappa shape index (κ1) is 22.0. The SMILES string of the molecule is CC(C)(C)c1ccc(C2=NC3(CCN(S(=O)(=O)c4cccc(Cl)c4)CC3)NC2=O)cc1. The van der Waals surface area contributed by atoms with E-state index in [0.29, 0.717) is 23.6 Å². The maximum Gasteiger partial charge on any atom is 0.272 e. The number of benzene rings is 2. The average molecular weight is 460 g/mol. The van der Waals surface area contributed by atoms with Gasteiger partial charge < -0.3 is 5.32 Å². The molecule has 0 unspecified atom stereocenters.